The largest absolute Gasteiger partial charge is 0.241 e. The molecule has 0 amide bonds. The Balaban J connectivity index is 2.67. The predicted molar refractivity (Wildman–Crippen MR) is 47.5 cm³/mol. The van der Waals surface area contributed by atoms with E-state index in [0.717, 1.165) is 5.00 Å². The van der Waals surface area contributed by atoms with E-state index in [4.69, 9.17) is 0 Å². The maximum atomic E-state index is 9.89. The summed E-state index contributed by atoms with van der Waals surface area (Å²) in [7, 11) is 0. The number of nitrogens with zero attached hydrogens (tertiary/aromatic N) is 1. The summed E-state index contributed by atoms with van der Waals surface area (Å²) in [6.45, 7) is 0. The van der Waals surface area contributed by atoms with Crippen molar-refractivity contribution in [2.45, 2.75) is 0 Å². The fraction of sp³-hybridized carbons (Fsp3) is 0. The highest BCUT2D eigenvalue weighted by molar-refractivity contribution is 7.29. The second-order valence-electron chi connectivity index (χ2n) is 1.94. The lowest BCUT2D eigenvalue weighted by Gasteiger charge is -1.71. The first kappa shape index (κ1) is 6.73. The van der Waals surface area contributed by atoms with Crippen LogP contribution in [0.4, 0.5) is 5.00 Å². The molecule has 0 saturated carbocycles. The summed E-state index contributed by atoms with van der Waals surface area (Å²) < 4.78 is 2.37. The molecule has 0 saturated heterocycles. The number of hydrogen-bond donors (Lipinski definition) is 0. The van der Waals surface area contributed by atoms with Gasteiger partial charge in [-0.1, -0.05) is 0 Å². The van der Waals surface area contributed by atoms with Gasteiger partial charge in [0.05, 0.1) is 0 Å². The highest BCUT2D eigenvalue weighted by atomic mass is 32.1. The van der Waals surface area contributed by atoms with Gasteiger partial charge < -0.3 is 0 Å². The molecule has 0 aromatic carbocycles. The van der Waals surface area contributed by atoms with Crippen molar-refractivity contribution in [3.05, 3.63) is 17.5 Å². The van der Waals surface area contributed by atoms with Gasteiger partial charge in [-0.25, -0.2) is 4.79 Å². The van der Waals surface area contributed by atoms with E-state index in [1.807, 2.05) is 17.5 Å². The molecule has 0 radical (unpaired) electrons. The number of isocyanates is 1. The summed E-state index contributed by atoms with van der Waals surface area (Å²) in [5.41, 5.74) is 0. The summed E-state index contributed by atoms with van der Waals surface area (Å²) in [5.74, 6) is 0. The van der Waals surface area contributed by atoms with Gasteiger partial charge in [0, 0.05) is 9.40 Å². The molecular weight excluding hydrogens is 178 g/mol. The number of rotatable bonds is 1. The van der Waals surface area contributed by atoms with Gasteiger partial charge in [-0.15, -0.1) is 22.7 Å². The molecule has 0 aliphatic heterocycles. The van der Waals surface area contributed by atoms with Crippen molar-refractivity contribution in [1.82, 2.24) is 0 Å². The summed E-state index contributed by atoms with van der Waals surface area (Å²) >= 11 is 3.16. The van der Waals surface area contributed by atoms with Gasteiger partial charge in [0.25, 0.3) is 0 Å². The fourth-order valence-electron chi connectivity index (χ4n) is 0.853. The molecule has 4 heteroatoms. The molecule has 2 rings (SSSR count). The van der Waals surface area contributed by atoms with E-state index in [-0.39, 0.29) is 0 Å². The molecule has 2 nitrogen and oxygen atoms in total. The van der Waals surface area contributed by atoms with Gasteiger partial charge in [-0.3, -0.25) is 0 Å². The van der Waals surface area contributed by atoms with E-state index in [9.17, 15) is 4.79 Å². The van der Waals surface area contributed by atoms with Crippen LogP contribution in [0.15, 0.2) is 22.5 Å². The second-order valence-corrected chi connectivity index (χ2v) is 3.95. The van der Waals surface area contributed by atoms with Crippen LogP contribution in [0.25, 0.3) is 9.40 Å². The first-order valence-electron chi connectivity index (χ1n) is 2.95. The molecule has 0 aliphatic carbocycles. The first-order valence-corrected chi connectivity index (χ1v) is 4.64. The molecule has 0 N–H and O–H groups in total. The minimum absolute atomic E-state index is 0.738. The molecule has 2 heterocycles. The number of aliphatic imine (C=N–C) groups is 1. The topological polar surface area (TPSA) is 29.4 Å². The molecule has 0 fully saturated rings. The van der Waals surface area contributed by atoms with Crippen molar-refractivity contribution in [3.63, 3.8) is 0 Å². The Labute approximate surface area is 70.8 Å². The Morgan fingerprint density at radius 2 is 2.36 bits per heavy atom. The van der Waals surface area contributed by atoms with Gasteiger partial charge in [-0.05, 0) is 17.5 Å². The van der Waals surface area contributed by atoms with Gasteiger partial charge in [0.15, 0.2) is 0 Å². The number of carbonyl (C=O) groups excluding carboxylic acids is 1. The molecule has 2 aromatic rings. The molecule has 0 aliphatic rings. The predicted octanol–water partition coefficient (Wildman–Crippen LogP) is 2.93. The van der Waals surface area contributed by atoms with Crippen molar-refractivity contribution < 1.29 is 4.79 Å². The van der Waals surface area contributed by atoms with E-state index in [1.165, 1.54) is 26.8 Å². The Hall–Kier alpha value is -0.960. The Morgan fingerprint density at radius 3 is 3.09 bits per heavy atom. The lowest BCUT2D eigenvalue weighted by Crippen LogP contribution is -1.45. The molecule has 0 unspecified atom stereocenters. The van der Waals surface area contributed by atoms with E-state index in [1.54, 1.807) is 11.3 Å². The van der Waals surface area contributed by atoms with E-state index < -0.39 is 0 Å². The lowest BCUT2D eigenvalue weighted by atomic mass is 10.5. The van der Waals surface area contributed by atoms with E-state index in [2.05, 4.69) is 4.99 Å². The standard InChI is InChI=1S/C7H3NOS2/c9-4-8-7-3-6-5(11-7)1-2-10-6/h1-3H. The van der Waals surface area contributed by atoms with Crippen LogP contribution < -0.4 is 0 Å². The highest BCUT2D eigenvalue weighted by Crippen LogP contribution is 2.34. The molecule has 2 aromatic heterocycles. The SMILES string of the molecule is O=C=Nc1cc2sccc2s1. The van der Waals surface area contributed by atoms with Crippen molar-refractivity contribution in [1.29, 1.82) is 0 Å². The zero-order valence-electron chi connectivity index (χ0n) is 5.40. The quantitative estimate of drug-likeness (QED) is 0.491. The Morgan fingerprint density at radius 1 is 1.45 bits per heavy atom. The third kappa shape index (κ3) is 1.12. The summed E-state index contributed by atoms with van der Waals surface area (Å²) in [5, 5.41) is 2.76. The monoisotopic (exact) mass is 181 g/mol. The number of thiophene rings is 2. The number of fused-ring (bicyclic) bond motifs is 1. The van der Waals surface area contributed by atoms with Crippen LogP contribution >= 0.6 is 22.7 Å². The zero-order chi connectivity index (χ0) is 7.68. The molecule has 0 bridgehead atoms. The molecular formula is C7H3NOS2. The summed E-state index contributed by atoms with van der Waals surface area (Å²) in [4.78, 5) is 13.4. The second kappa shape index (κ2) is 2.58. The van der Waals surface area contributed by atoms with Gasteiger partial charge >= 0.3 is 0 Å². The molecule has 11 heavy (non-hydrogen) atoms. The van der Waals surface area contributed by atoms with E-state index >= 15 is 0 Å². The minimum atomic E-state index is 0.738. The first-order chi connectivity index (χ1) is 5.40. The molecule has 0 spiro atoms. The van der Waals surface area contributed by atoms with Gasteiger partial charge in [0.2, 0.25) is 6.08 Å². The summed E-state index contributed by atoms with van der Waals surface area (Å²) in [6, 6.07) is 3.92. The van der Waals surface area contributed by atoms with Gasteiger partial charge in [0.1, 0.15) is 5.00 Å². The van der Waals surface area contributed by atoms with Gasteiger partial charge in [-0.2, -0.15) is 4.99 Å². The summed E-state index contributed by atoms with van der Waals surface area (Å²) in [6.07, 6.45) is 1.52. The average molecular weight is 181 g/mol. The van der Waals surface area contributed by atoms with Crippen LogP contribution in [0, 0.1) is 0 Å². The number of hydrogen-bond acceptors (Lipinski definition) is 4. The van der Waals surface area contributed by atoms with Crippen LogP contribution in [0.5, 0.6) is 0 Å². The van der Waals surface area contributed by atoms with Crippen LogP contribution in [0.3, 0.4) is 0 Å². The van der Waals surface area contributed by atoms with E-state index in [0.29, 0.717) is 0 Å². The van der Waals surface area contributed by atoms with Crippen molar-refractivity contribution in [2.24, 2.45) is 4.99 Å². The lowest BCUT2D eigenvalue weighted by molar-refractivity contribution is 0.565. The van der Waals surface area contributed by atoms with Crippen molar-refractivity contribution in [3.8, 4) is 0 Å². The Bertz CT molecular complexity index is 394. The third-order valence-corrected chi connectivity index (χ3v) is 3.27. The maximum Gasteiger partial charge on any atom is 0.241 e. The maximum absolute atomic E-state index is 9.89. The fourth-order valence-corrected chi connectivity index (χ4v) is 2.78. The third-order valence-electron chi connectivity index (χ3n) is 1.28. The molecule has 0 atom stereocenters. The Kier molecular flexibility index (Phi) is 1.58. The van der Waals surface area contributed by atoms with Crippen LogP contribution in [0.1, 0.15) is 0 Å². The highest BCUT2D eigenvalue weighted by Gasteiger charge is 1.99. The van der Waals surface area contributed by atoms with Crippen LogP contribution in [-0.4, -0.2) is 6.08 Å². The normalized spacial score (nSPS) is 9.82. The zero-order valence-corrected chi connectivity index (χ0v) is 7.04. The van der Waals surface area contributed by atoms with Crippen LogP contribution in [-0.2, 0) is 4.79 Å². The van der Waals surface area contributed by atoms with Crippen molar-refractivity contribution >= 4 is 43.2 Å². The molecule has 54 valence electrons. The van der Waals surface area contributed by atoms with Crippen LogP contribution in [0.2, 0.25) is 0 Å². The minimum Gasteiger partial charge on any atom is -0.211 e. The van der Waals surface area contributed by atoms with Crippen molar-refractivity contribution in [2.75, 3.05) is 0 Å². The average Bonchev–Trinajstić information content (AvgIpc) is 2.46. The smallest absolute Gasteiger partial charge is 0.211 e.